The fourth-order valence-electron chi connectivity index (χ4n) is 2.23. The Hall–Kier alpha value is -2.18. The summed E-state index contributed by atoms with van der Waals surface area (Å²) in [6.07, 6.45) is 0.885. The van der Waals surface area contributed by atoms with Gasteiger partial charge in [0.15, 0.2) is 0 Å². The number of benzene rings is 1. The van der Waals surface area contributed by atoms with Crippen LogP contribution in [0.15, 0.2) is 24.3 Å². The normalized spacial score (nSPS) is 10.8. The maximum Gasteiger partial charge on any atom is 0.270 e. The fourth-order valence-corrected chi connectivity index (χ4v) is 2.41. The van der Waals surface area contributed by atoms with Gasteiger partial charge in [-0.3, -0.25) is 4.79 Å². The zero-order chi connectivity index (χ0) is 18.4. The quantitative estimate of drug-likeness (QED) is 0.741. The zero-order valence-electron chi connectivity index (χ0n) is 15.1. The average molecular weight is 362 g/mol. The number of carbonyl (C=O) groups is 1. The predicted molar refractivity (Wildman–Crippen MR) is 102 cm³/mol. The lowest BCUT2D eigenvalue weighted by Gasteiger charge is -2.11. The van der Waals surface area contributed by atoms with Gasteiger partial charge >= 0.3 is 0 Å². The van der Waals surface area contributed by atoms with E-state index in [1.165, 1.54) is 0 Å². The third-order valence-electron chi connectivity index (χ3n) is 3.58. The summed E-state index contributed by atoms with van der Waals surface area (Å²) >= 11 is 6.14. The number of anilines is 2. The van der Waals surface area contributed by atoms with Crippen LogP contribution in [0.25, 0.3) is 0 Å². The maximum absolute atomic E-state index is 12.3. The SMILES string of the molecule is Cc1cc(C(=O)NCCCN(C)C)nc(Nc2ccc(C)c(Cl)c2)n1. The minimum absolute atomic E-state index is 0.200. The summed E-state index contributed by atoms with van der Waals surface area (Å²) in [6.45, 7) is 5.30. The van der Waals surface area contributed by atoms with E-state index in [-0.39, 0.29) is 5.91 Å². The van der Waals surface area contributed by atoms with E-state index >= 15 is 0 Å². The summed E-state index contributed by atoms with van der Waals surface area (Å²) in [5.74, 6) is 0.174. The summed E-state index contributed by atoms with van der Waals surface area (Å²) in [5.41, 5.74) is 2.83. The first-order chi connectivity index (χ1) is 11.8. The second kappa shape index (κ2) is 8.78. The number of halogens is 1. The molecule has 0 aliphatic heterocycles. The van der Waals surface area contributed by atoms with Crippen LogP contribution in [0.4, 0.5) is 11.6 Å². The molecule has 1 aromatic carbocycles. The highest BCUT2D eigenvalue weighted by Gasteiger charge is 2.11. The average Bonchev–Trinajstić information content (AvgIpc) is 2.54. The first kappa shape index (κ1) is 19.1. The number of nitrogens with one attached hydrogen (secondary N) is 2. The molecule has 0 fully saturated rings. The van der Waals surface area contributed by atoms with Gasteiger partial charge in [0.05, 0.1) is 0 Å². The molecule has 0 saturated carbocycles. The van der Waals surface area contributed by atoms with Gasteiger partial charge in [-0.25, -0.2) is 9.97 Å². The predicted octanol–water partition coefficient (Wildman–Crippen LogP) is 3.17. The molecular formula is C18H24ClN5O. The molecule has 2 N–H and O–H groups in total. The van der Waals surface area contributed by atoms with Crippen LogP contribution in [-0.4, -0.2) is 48.0 Å². The molecule has 1 amide bonds. The van der Waals surface area contributed by atoms with E-state index in [1.54, 1.807) is 6.07 Å². The number of hydrogen-bond acceptors (Lipinski definition) is 5. The number of amides is 1. The third kappa shape index (κ3) is 5.99. The summed E-state index contributed by atoms with van der Waals surface area (Å²) in [6, 6.07) is 7.30. The van der Waals surface area contributed by atoms with Gasteiger partial charge in [-0.05, 0) is 64.7 Å². The summed E-state index contributed by atoms with van der Waals surface area (Å²) < 4.78 is 0. The molecular weight excluding hydrogens is 338 g/mol. The Labute approximate surface area is 153 Å². The molecule has 7 heteroatoms. The smallest absolute Gasteiger partial charge is 0.270 e. The van der Waals surface area contributed by atoms with Gasteiger partial charge in [0.2, 0.25) is 5.95 Å². The molecule has 2 rings (SSSR count). The Morgan fingerprint density at radius 1 is 1.20 bits per heavy atom. The Kier molecular flexibility index (Phi) is 6.73. The van der Waals surface area contributed by atoms with Gasteiger partial charge in [0.1, 0.15) is 5.69 Å². The summed E-state index contributed by atoms with van der Waals surface area (Å²) in [5, 5.41) is 6.64. The lowest BCUT2D eigenvalue weighted by atomic mass is 10.2. The van der Waals surface area contributed by atoms with E-state index in [0.717, 1.165) is 24.2 Å². The molecule has 0 aliphatic carbocycles. The fraction of sp³-hybridized carbons (Fsp3) is 0.389. The molecule has 6 nitrogen and oxygen atoms in total. The highest BCUT2D eigenvalue weighted by atomic mass is 35.5. The largest absolute Gasteiger partial charge is 0.351 e. The highest BCUT2D eigenvalue weighted by molar-refractivity contribution is 6.31. The Bertz CT molecular complexity index is 748. The van der Waals surface area contributed by atoms with Crippen LogP contribution in [0.3, 0.4) is 0 Å². The zero-order valence-corrected chi connectivity index (χ0v) is 15.8. The van der Waals surface area contributed by atoms with Crippen molar-refractivity contribution in [1.82, 2.24) is 20.2 Å². The lowest BCUT2D eigenvalue weighted by Crippen LogP contribution is -2.28. The molecule has 0 atom stereocenters. The standard InChI is InChI=1S/C18H24ClN5O/c1-12-6-7-14(11-15(12)19)22-18-21-13(2)10-16(23-18)17(25)20-8-5-9-24(3)4/h6-7,10-11H,5,8-9H2,1-4H3,(H,20,25)(H,21,22,23). The van der Waals surface area contributed by atoms with E-state index in [0.29, 0.717) is 28.9 Å². The minimum Gasteiger partial charge on any atom is -0.351 e. The molecule has 0 saturated heterocycles. The van der Waals surface area contributed by atoms with Crippen molar-refractivity contribution < 1.29 is 4.79 Å². The van der Waals surface area contributed by atoms with Gasteiger partial charge in [-0.2, -0.15) is 0 Å². The van der Waals surface area contributed by atoms with E-state index in [9.17, 15) is 4.79 Å². The van der Waals surface area contributed by atoms with E-state index < -0.39 is 0 Å². The highest BCUT2D eigenvalue weighted by Crippen LogP contribution is 2.22. The van der Waals surface area contributed by atoms with Gasteiger partial charge < -0.3 is 15.5 Å². The second-order valence-electron chi connectivity index (χ2n) is 6.22. The third-order valence-corrected chi connectivity index (χ3v) is 3.99. The maximum atomic E-state index is 12.3. The second-order valence-corrected chi connectivity index (χ2v) is 6.63. The Balaban J connectivity index is 2.06. The van der Waals surface area contributed by atoms with Crippen molar-refractivity contribution in [2.75, 3.05) is 32.5 Å². The van der Waals surface area contributed by atoms with Crippen LogP contribution >= 0.6 is 11.6 Å². The van der Waals surface area contributed by atoms with Crippen LogP contribution in [0, 0.1) is 13.8 Å². The minimum atomic E-state index is -0.200. The lowest BCUT2D eigenvalue weighted by molar-refractivity contribution is 0.0947. The molecule has 134 valence electrons. The van der Waals surface area contributed by atoms with Crippen LogP contribution in [0.2, 0.25) is 5.02 Å². The Morgan fingerprint density at radius 3 is 2.64 bits per heavy atom. The van der Waals surface area contributed by atoms with Crippen molar-refractivity contribution in [3.05, 3.63) is 46.2 Å². The number of carbonyl (C=O) groups excluding carboxylic acids is 1. The monoisotopic (exact) mass is 361 g/mol. The van der Waals surface area contributed by atoms with E-state index in [1.807, 2.05) is 46.1 Å². The molecule has 0 aliphatic rings. The first-order valence-corrected chi connectivity index (χ1v) is 8.55. The van der Waals surface area contributed by atoms with Gasteiger partial charge in [0, 0.05) is 22.9 Å². The van der Waals surface area contributed by atoms with Gasteiger partial charge in [0.25, 0.3) is 5.91 Å². The summed E-state index contributed by atoms with van der Waals surface area (Å²) in [7, 11) is 4.01. The van der Waals surface area contributed by atoms with Crippen molar-refractivity contribution in [1.29, 1.82) is 0 Å². The van der Waals surface area contributed by atoms with Crippen molar-refractivity contribution in [3.8, 4) is 0 Å². The number of aryl methyl sites for hydroxylation is 2. The molecule has 1 aromatic heterocycles. The molecule has 0 spiro atoms. The van der Waals surface area contributed by atoms with Crippen LogP contribution in [0.5, 0.6) is 0 Å². The first-order valence-electron chi connectivity index (χ1n) is 8.17. The molecule has 0 radical (unpaired) electrons. The summed E-state index contributed by atoms with van der Waals surface area (Å²) in [4.78, 5) is 23.0. The van der Waals surface area contributed by atoms with Crippen LogP contribution < -0.4 is 10.6 Å². The number of nitrogens with zero attached hydrogens (tertiary/aromatic N) is 3. The molecule has 2 aromatic rings. The van der Waals surface area contributed by atoms with Crippen molar-refractivity contribution in [2.45, 2.75) is 20.3 Å². The van der Waals surface area contributed by atoms with Crippen LogP contribution in [0.1, 0.15) is 28.2 Å². The number of hydrogen-bond donors (Lipinski definition) is 2. The Morgan fingerprint density at radius 2 is 1.96 bits per heavy atom. The number of aromatic nitrogens is 2. The van der Waals surface area contributed by atoms with E-state index in [2.05, 4.69) is 25.5 Å². The van der Waals surface area contributed by atoms with Gasteiger partial charge in [-0.1, -0.05) is 17.7 Å². The van der Waals surface area contributed by atoms with E-state index in [4.69, 9.17) is 11.6 Å². The topological polar surface area (TPSA) is 70.2 Å². The van der Waals surface area contributed by atoms with Crippen molar-refractivity contribution in [3.63, 3.8) is 0 Å². The molecule has 0 unspecified atom stereocenters. The number of rotatable bonds is 7. The molecule has 0 bridgehead atoms. The molecule has 25 heavy (non-hydrogen) atoms. The van der Waals surface area contributed by atoms with Crippen LogP contribution in [-0.2, 0) is 0 Å². The van der Waals surface area contributed by atoms with Crippen molar-refractivity contribution in [2.24, 2.45) is 0 Å². The molecule has 1 heterocycles. The van der Waals surface area contributed by atoms with Gasteiger partial charge in [-0.15, -0.1) is 0 Å². The van der Waals surface area contributed by atoms with Crippen molar-refractivity contribution >= 4 is 29.1 Å².